The van der Waals surface area contributed by atoms with Crippen molar-refractivity contribution in [1.82, 2.24) is 10.2 Å². The van der Waals surface area contributed by atoms with Gasteiger partial charge in [0.15, 0.2) is 0 Å². The van der Waals surface area contributed by atoms with Gasteiger partial charge in [-0.1, -0.05) is 0 Å². The Bertz CT molecular complexity index is 316. The van der Waals surface area contributed by atoms with Crippen molar-refractivity contribution < 1.29 is 9.84 Å². The molecule has 0 spiro atoms. The summed E-state index contributed by atoms with van der Waals surface area (Å²) in [4.78, 5) is 0. The Hall–Kier alpha value is -0.870. The number of aliphatic hydroxyl groups excluding tert-OH is 1. The molecule has 2 rings (SSSR count). The zero-order valence-electron chi connectivity index (χ0n) is 9.12. The lowest BCUT2D eigenvalue weighted by Gasteiger charge is -2.21. The first kappa shape index (κ1) is 10.6. The topological polar surface area (TPSA) is 58.1 Å². The highest BCUT2D eigenvalue weighted by atomic mass is 16.5. The van der Waals surface area contributed by atoms with Crippen LogP contribution in [0.25, 0.3) is 0 Å². The molecule has 0 saturated carbocycles. The second-order valence-corrected chi connectivity index (χ2v) is 4.07. The lowest BCUT2D eigenvalue weighted by atomic mass is 9.92. The molecule has 0 atom stereocenters. The van der Waals surface area contributed by atoms with Crippen molar-refractivity contribution in [2.45, 2.75) is 32.1 Å². The molecule has 0 amide bonds. The maximum absolute atomic E-state index is 9.02. The highest BCUT2D eigenvalue weighted by Crippen LogP contribution is 2.29. The van der Waals surface area contributed by atoms with Crippen molar-refractivity contribution in [3.8, 4) is 0 Å². The Morgan fingerprint density at radius 3 is 2.87 bits per heavy atom. The molecule has 15 heavy (non-hydrogen) atoms. The van der Waals surface area contributed by atoms with Crippen molar-refractivity contribution in [1.29, 1.82) is 0 Å². The molecule has 0 aliphatic carbocycles. The number of ether oxygens (including phenoxy) is 1. The molecular weight excluding hydrogens is 192 g/mol. The quantitative estimate of drug-likeness (QED) is 0.786. The lowest BCUT2D eigenvalue weighted by Crippen LogP contribution is -2.16. The van der Waals surface area contributed by atoms with E-state index in [4.69, 9.17) is 9.84 Å². The van der Waals surface area contributed by atoms with Gasteiger partial charge >= 0.3 is 0 Å². The minimum atomic E-state index is 0.191. The van der Waals surface area contributed by atoms with Crippen molar-refractivity contribution in [2.24, 2.45) is 0 Å². The van der Waals surface area contributed by atoms with E-state index in [1.807, 2.05) is 6.92 Å². The van der Waals surface area contributed by atoms with Gasteiger partial charge in [-0.15, -0.1) is 0 Å². The predicted molar refractivity (Wildman–Crippen MR) is 56.9 cm³/mol. The van der Waals surface area contributed by atoms with Crippen LogP contribution < -0.4 is 0 Å². The van der Waals surface area contributed by atoms with Crippen LogP contribution in [0.3, 0.4) is 0 Å². The number of aliphatic hydroxyl groups is 1. The van der Waals surface area contributed by atoms with Crippen LogP contribution in [0.2, 0.25) is 0 Å². The summed E-state index contributed by atoms with van der Waals surface area (Å²) < 4.78 is 5.34. The number of aromatic nitrogens is 2. The fraction of sp³-hybridized carbons (Fsp3) is 0.727. The normalized spacial score (nSPS) is 18.3. The van der Waals surface area contributed by atoms with Crippen LogP contribution in [0.1, 0.15) is 35.7 Å². The fourth-order valence-electron chi connectivity index (χ4n) is 2.21. The third-order valence-corrected chi connectivity index (χ3v) is 3.08. The first-order chi connectivity index (χ1) is 7.33. The Morgan fingerprint density at radius 1 is 1.47 bits per heavy atom. The number of aromatic amines is 1. The summed E-state index contributed by atoms with van der Waals surface area (Å²) in [5, 5.41) is 16.4. The van der Waals surface area contributed by atoms with E-state index in [1.165, 1.54) is 5.56 Å². The number of aryl methyl sites for hydroxylation is 1. The van der Waals surface area contributed by atoms with E-state index in [2.05, 4.69) is 10.2 Å². The molecule has 0 aromatic carbocycles. The minimum absolute atomic E-state index is 0.191. The predicted octanol–water partition coefficient (Wildman–Crippen LogP) is 1.15. The second kappa shape index (κ2) is 4.77. The van der Waals surface area contributed by atoms with Gasteiger partial charge in [0, 0.05) is 31.4 Å². The Morgan fingerprint density at radius 2 is 2.20 bits per heavy atom. The molecule has 1 aliphatic heterocycles. The fourth-order valence-corrected chi connectivity index (χ4v) is 2.21. The SMILES string of the molecule is Cc1[nH]nc(C2CCOCC2)c1CCO. The molecule has 4 heteroatoms. The van der Waals surface area contributed by atoms with Crippen LogP contribution in [0, 0.1) is 6.92 Å². The van der Waals surface area contributed by atoms with Gasteiger partial charge < -0.3 is 9.84 Å². The Balaban J connectivity index is 2.18. The summed E-state index contributed by atoms with van der Waals surface area (Å²) in [7, 11) is 0. The first-order valence-corrected chi connectivity index (χ1v) is 5.55. The van der Waals surface area contributed by atoms with E-state index in [0.717, 1.165) is 37.4 Å². The maximum Gasteiger partial charge on any atom is 0.0690 e. The molecule has 84 valence electrons. The summed E-state index contributed by atoms with van der Waals surface area (Å²) in [5.74, 6) is 0.505. The first-order valence-electron chi connectivity index (χ1n) is 5.55. The molecular formula is C11H18N2O2. The summed E-state index contributed by atoms with van der Waals surface area (Å²) in [6.07, 6.45) is 2.79. The maximum atomic E-state index is 9.02. The summed E-state index contributed by atoms with van der Waals surface area (Å²) in [6.45, 7) is 3.86. The van der Waals surface area contributed by atoms with E-state index in [-0.39, 0.29) is 6.61 Å². The summed E-state index contributed by atoms with van der Waals surface area (Å²) >= 11 is 0. The highest BCUT2D eigenvalue weighted by molar-refractivity contribution is 5.27. The Labute approximate surface area is 89.7 Å². The van der Waals surface area contributed by atoms with Crippen LogP contribution in [-0.4, -0.2) is 35.1 Å². The van der Waals surface area contributed by atoms with Crippen molar-refractivity contribution in [3.63, 3.8) is 0 Å². The molecule has 0 unspecified atom stereocenters. The van der Waals surface area contributed by atoms with Gasteiger partial charge in [0.05, 0.1) is 5.69 Å². The van der Waals surface area contributed by atoms with Crippen molar-refractivity contribution in [3.05, 3.63) is 17.0 Å². The molecule has 1 saturated heterocycles. The van der Waals surface area contributed by atoms with Crippen LogP contribution in [-0.2, 0) is 11.2 Å². The van der Waals surface area contributed by atoms with E-state index in [0.29, 0.717) is 12.3 Å². The van der Waals surface area contributed by atoms with Crippen LogP contribution >= 0.6 is 0 Å². The van der Waals surface area contributed by atoms with E-state index in [1.54, 1.807) is 0 Å². The monoisotopic (exact) mass is 210 g/mol. The molecule has 0 bridgehead atoms. The van der Waals surface area contributed by atoms with Crippen LogP contribution in [0.5, 0.6) is 0 Å². The van der Waals surface area contributed by atoms with Gasteiger partial charge in [-0.2, -0.15) is 5.10 Å². The zero-order chi connectivity index (χ0) is 10.7. The summed E-state index contributed by atoms with van der Waals surface area (Å²) in [6, 6.07) is 0. The highest BCUT2D eigenvalue weighted by Gasteiger charge is 2.22. The largest absolute Gasteiger partial charge is 0.396 e. The molecule has 1 fully saturated rings. The Kier molecular flexibility index (Phi) is 3.38. The van der Waals surface area contributed by atoms with E-state index >= 15 is 0 Å². The number of hydrogen-bond donors (Lipinski definition) is 2. The standard InChI is InChI=1S/C11H18N2O2/c1-8-10(2-5-14)11(13-12-8)9-3-6-15-7-4-9/h9,14H,2-7H2,1H3,(H,12,13). The van der Waals surface area contributed by atoms with Gasteiger partial charge in [-0.25, -0.2) is 0 Å². The van der Waals surface area contributed by atoms with Crippen molar-refractivity contribution in [2.75, 3.05) is 19.8 Å². The number of nitrogens with one attached hydrogen (secondary N) is 1. The molecule has 1 aliphatic rings. The second-order valence-electron chi connectivity index (χ2n) is 4.07. The minimum Gasteiger partial charge on any atom is -0.396 e. The molecule has 2 N–H and O–H groups in total. The van der Waals surface area contributed by atoms with Gasteiger partial charge in [-0.05, 0) is 31.7 Å². The number of H-pyrrole nitrogens is 1. The lowest BCUT2D eigenvalue weighted by molar-refractivity contribution is 0.0843. The van der Waals surface area contributed by atoms with Gasteiger partial charge in [0.1, 0.15) is 0 Å². The molecule has 4 nitrogen and oxygen atoms in total. The smallest absolute Gasteiger partial charge is 0.0690 e. The number of hydrogen-bond acceptors (Lipinski definition) is 3. The molecule has 1 aromatic heterocycles. The van der Waals surface area contributed by atoms with E-state index in [9.17, 15) is 0 Å². The zero-order valence-corrected chi connectivity index (χ0v) is 9.12. The van der Waals surface area contributed by atoms with Gasteiger partial charge in [0.2, 0.25) is 0 Å². The average Bonchev–Trinajstić information content (AvgIpc) is 2.63. The number of rotatable bonds is 3. The van der Waals surface area contributed by atoms with E-state index < -0.39 is 0 Å². The van der Waals surface area contributed by atoms with Crippen LogP contribution in [0.15, 0.2) is 0 Å². The van der Waals surface area contributed by atoms with Crippen LogP contribution in [0.4, 0.5) is 0 Å². The third kappa shape index (κ3) is 2.21. The van der Waals surface area contributed by atoms with Gasteiger partial charge in [-0.3, -0.25) is 5.10 Å². The molecule has 1 aromatic rings. The van der Waals surface area contributed by atoms with Crippen molar-refractivity contribution >= 4 is 0 Å². The number of nitrogens with zero attached hydrogens (tertiary/aromatic N) is 1. The average molecular weight is 210 g/mol. The van der Waals surface area contributed by atoms with Gasteiger partial charge in [0.25, 0.3) is 0 Å². The third-order valence-electron chi connectivity index (χ3n) is 3.08. The summed E-state index contributed by atoms with van der Waals surface area (Å²) in [5.41, 5.74) is 3.43. The molecule has 2 heterocycles. The molecule has 0 radical (unpaired) electrons.